The molecule has 29 heavy (non-hydrogen) atoms. The van der Waals surface area contributed by atoms with Gasteiger partial charge >= 0.3 is 0 Å². The molecule has 0 heterocycles. The minimum atomic E-state index is -0.0570. The molecule has 0 aromatic heterocycles. The molecule has 0 unspecified atom stereocenters. The fourth-order valence-corrected chi connectivity index (χ4v) is 3.58. The van der Waals surface area contributed by atoms with Crippen molar-refractivity contribution in [2.45, 2.75) is 95.6 Å². The number of hydrogen-bond acceptors (Lipinski definition) is 4. The van der Waals surface area contributed by atoms with Crippen LogP contribution >= 0.6 is 0 Å². The van der Waals surface area contributed by atoms with E-state index in [1.54, 1.807) is 12.2 Å². The number of rotatable bonds is 16. The fourth-order valence-electron chi connectivity index (χ4n) is 3.58. The van der Waals surface area contributed by atoms with Crippen LogP contribution < -0.4 is 10.6 Å². The lowest BCUT2D eigenvalue weighted by Crippen LogP contribution is -2.36. The van der Waals surface area contributed by atoms with Crippen LogP contribution in [-0.4, -0.2) is 47.3 Å². The number of carbonyl (C=O) groups excluding carboxylic acids is 2. The maximum atomic E-state index is 12.0. The summed E-state index contributed by atoms with van der Waals surface area (Å²) in [5.74, 6) is -0.114. The molecule has 0 aromatic carbocycles. The average Bonchev–Trinajstić information content (AvgIpc) is 3.13. The van der Waals surface area contributed by atoms with Crippen molar-refractivity contribution in [3.8, 4) is 0 Å². The molecule has 6 nitrogen and oxygen atoms in total. The van der Waals surface area contributed by atoms with Crippen molar-refractivity contribution >= 4 is 11.8 Å². The van der Waals surface area contributed by atoms with Crippen molar-refractivity contribution in [1.82, 2.24) is 10.6 Å². The van der Waals surface area contributed by atoms with E-state index in [-0.39, 0.29) is 37.1 Å². The van der Waals surface area contributed by atoms with Gasteiger partial charge < -0.3 is 20.8 Å². The Morgan fingerprint density at radius 2 is 1.10 bits per heavy atom. The molecule has 0 bridgehead atoms. The zero-order valence-electron chi connectivity index (χ0n) is 17.8. The van der Waals surface area contributed by atoms with Crippen LogP contribution in [0, 0.1) is 0 Å². The van der Waals surface area contributed by atoms with Crippen molar-refractivity contribution in [3.05, 3.63) is 24.3 Å². The zero-order chi connectivity index (χ0) is 21.2. The summed E-state index contributed by atoms with van der Waals surface area (Å²) in [6, 6.07) is 0.245. The zero-order valence-corrected chi connectivity index (χ0v) is 17.8. The van der Waals surface area contributed by atoms with Crippen molar-refractivity contribution in [1.29, 1.82) is 0 Å². The second kappa shape index (κ2) is 17.2. The lowest BCUT2D eigenvalue weighted by Gasteiger charge is -2.13. The summed E-state index contributed by atoms with van der Waals surface area (Å²) in [5.41, 5.74) is 0. The van der Waals surface area contributed by atoms with E-state index in [4.69, 9.17) is 10.2 Å². The van der Waals surface area contributed by atoms with Crippen LogP contribution in [0.4, 0.5) is 0 Å². The first kappa shape index (κ1) is 25.4. The molecule has 1 aliphatic carbocycles. The van der Waals surface area contributed by atoms with Gasteiger partial charge in [-0.15, -0.1) is 0 Å². The van der Waals surface area contributed by atoms with Crippen LogP contribution in [-0.2, 0) is 9.59 Å². The second-order valence-electron chi connectivity index (χ2n) is 7.88. The Hall–Kier alpha value is -1.66. The first-order valence-corrected chi connectivity index (χ1v) is 11.3. The average molecular weight is 409 g/mol. The highest BCUT2D eigenvalue weighted by Gasteiger charge is 2.26. The normalized spacial score (nSPS) is 19.2. The Labute approximate surface area is 175 Å². The molecule has 0 aliphatic heterocycles. The molecule has 6 heteroatoms. The summed E-state index contributed by atoms with van der Waals surface area (Å²) >= 11 is 0. The number of unbranched alkanes of at least 4 members (excludes halogenated alkanes) is 8. The number of aliphatic hydroxyl groups excluding tert-OH is 2. The maximum Gasteiger partial charge on any atom is 0.243 e. The van der Waals surface area contributed by atoms with E-state index in [0.29, 0.717) is 0 Å². The number of hydrogen-bond donors (Lipinski definition) is 4. The minimum Gasteiger partial charge on any atom is -0.396 e. The van der Waals surface area contributed by atoms with E-state index in [1.807, 2.05) is 12.2 Å². The van der Waals surface area contributed by atoms with Crippen LogP contribution in [0.3, 0.4) is 0 Å². The van der Waals surface area contributed by atoms with Gasteiger partial charge in [-0.3, -0.25) is 9.59 Å². The largest absolute Gasteiger partial charge is 0.396 e. The van der Waals surface area contributed by atoms with Gasteiger partial charge in [-0.05, 0) is 69.9 Å². The third-order valence-corrected chi connectivity index (χ3v) is 5.22. The van der Waals surface area contributed by atoms with Gasteiger partial charge in [0.2, 0.25) is 11.8 Å². The highest BCUT2D eigenvalue weighted by Crippen LogP contribution is 2.19. The molecule has 0 spiro atoms. The van der Waals surface area contributed by atoms with E-state index in [2.05, 4.69) is 10.6 Å². The smallest absolute Gasteiger partial charge is 0.243 e. The van der Waals surface area contributed by atoms with Gasteiger partial charge in [0.25, 0.3) is 0 Å². The molecule has 1 rings (SSSR count). The molecular formula is C23H40N2O4. The van der Waals surface area contributed by atoms with Crippen LogP contribution in [0.15, 0.2) is 24.3 Å². The van der Waals surface area contributed by atoms with Crippen molar-refractivity contribution < 1.29 is 19.8 Å². The summed E-state index contributed by atoms with van der Waals surface area (Å²) < 4.78 is 0. The molecule has 2 amide bonds. The fraction of sp³-hybridized carbons (Fsp3) is 0.739. The first-order valence-electron chi connectivity index (χ1n) is 11.3. The Morgan fingerprint density at radius 3 is 1.52 bits per heavy atom. The highest BCUT2D eigenvalue weighted by molar-refractivity contribution is 5.88. The van der Waals surface area contributed by atoms with Crippen molar-refractivity contribution in [2.24, 2.45) is 0 Å². The summed E-state index contributed by atoms with van der Waals surface area (Å²) in [6.45, 7) is 0.507. The quantitative estimate of drug-likeness (QED) is 0.233. The SMILES string of the molecule is O=C(/C=C/CCCCCCO)N[C@@H]1CC[C@H](NC(=O)/C=C/CCCCCCO)C1. The summed E-state index contributed by atoms with van der Waals surface area (Å²) in [7, 11) is 0. The summed E-state index contributed by atoms with van der Waals surface area (Å²) in [5, 5.41) is 23.5. The van der Waals surface area contributed by atoms with Gasteiger partial charge in [0.1, 0.15) is 0 Å². The Bertz CT molecular complexity index is 461. The standard InChI is InChI=1S/C23H40N2O4/c26-17-11-7-3-1-5-9-13-22(28)24-20-15-16-21(19-20)25-23(29)14-10-6-2-4-8-12-18-27/h9-10,13-14,20-21,26-27H,1-8,11-12,15-19H2,(H,24,28)(H,25,29)/b13-9+,14-10+/t20-,21+. The number of allylic oxidation sites excluding steroid dienone is 2. The van der Waals surface area contributed by atoms with Crippen molar-refractivity contribution in [3.63, 3.8) is 0 Å². The third kappa shape index (κ3) is 14.0. The van der Waals surface area contributed by atoms with E-state index in [1.165, 1.54) is 0 Å². The van der Waals surface area contributed by atoms with Crippen LogP contribution in [0.1, 0.15) is 83.5 Å². The summed E-state index contributed by atoms with van der Waals surface area (Å²) in [6.07, 6.45) is 19.4. The molecule has 166 valence electrons. The van der Waals surface area contributed by atoms with E-state index in [9.17, 15) is 9.59 Å². The predicted octanol–water partition coefficient (Wildman–Crippen LogP) is 3.14. The third-order valence-electron chi connectivity index (χ3n) is 5.22. The molecule has 0 radical (unpaired) electrons. The Kier molecular flexibility index (Phi) is 15.1. The molecule has 0 saturated heterocycles. The molecule has 2 atom stereocenters. The molecule has 0 aromatic rings. The van der Waals surface area contributed by atoms with Crippen LogP contribution in [0.25, 0.3) is 0 Å². The van der Waals surface area contributed by atoms with E-state index in [0.717, 1.165) is 83.5 Å². The first-order chi connectivity index (χ1) is 14.2. The van der Waals surface area contributed by atoms with Gasteiger partial charge in [-0.1, -0.05) is 37.8 Å². The second-order valence-corrected chi connectivity index (χ2v) is 7.88. The van der Waals surface area contributed by atoms with Gasteiger partial charge in [0.05, 0.1) is 0 Å². The van der Waals surface area contributed by atoms with Gasteiger partial charge in [-0.2, -0.15) is 0 Å². The molecule has 1 saturated carbocycles. The molecular weight excluding hydrogens is 368 g/mol. The van der Waals surface area contributed by atoms with E-state index >= 15 is 0 Å². The number of nitrogens with one attached hydrogen (secondary N) is 2. The van der Waals surface area contributed by atoms with E-state index < -0.39 is 0 Å². The number of amides is 2. The number of aliphatic hydroxyl groups is 2. The minimum absolute atomic E-state index is 0.0570. The number of carbonyl (C=O) groups is 2. The van der Waals surface area contributed by atoms with Crippen molar-refractivity contribution in [2.75, 3.05) is 13.2 Å². The highest BCUT2D eigenvalue weighted by atomic mass is 16.3. The monoisotopic (exact) mass is 408 g/mol. The van der Waals surface area contributed by atoms with Gasteiger partial charge in [0, 0.05) is 25.3 Å². The van der Waals surface area contributed by atoms with Gasteiger partial charge in [0.15, 0.2) is 0 Å². The molecule has 1 aliphatic rings. The lowest BCUT2D eigenvalue weighted by molar-refractivity contribution is -0.117. The molecule has 4 N–H and O–H groups in total. The van der Waals surface area contributed by atoms with Crippen LogP contribution in [0.2, 0.25) is 0 Å². The molecule has 1 fully saturated rings. The predicted molar refractivity (Wildman–Crippen MR) is 116 cm³/mol. The van der Waals surface area contributed by atoms with Gasteiger partial charge in [-0.25, -0.2) is 0 Å². The van der Waals surface area contributed by atoms with Crippen LogP contribution in [0.5, 0.6) is 0 Å². The Morgan fingerprint density at radius 1 is 0.690 bits per heavy atom. The maximum absolute atomic E-state index is 12.0. The topological polar surface area (TPSA) is 98.7 Å². The summed E-state index contributed by atoms with van der Waals surface area (Å²) in [4.78, 5) is 24.0. The lowest BCUT2D eigenvalue weighted by atomic mass is 10.1. The Balaban J connectivity index is 2.10.